The molecule has 0 saturated carbocycles. The molecule has 0 heterocycles. The van der Waals surface area contributed by atoms with Crippen LogP contribution >= 0.6 is 0 Å². The molecule has 3 N–H and O–H groups in total. The molecule has 0 bridgehead atoms. The molecule has 12 heavy (non-hydrogen) atoms. The molecule has 3 atom stereocenters. The lowest BCUT2D eigenvalue weighted by molar-refractivity contribution is 0.206. The van der Waals surface area contributed by atoms with Crippen LogP contribution in [0.3, 0.4) is 0 Å². The van der Waals surface area contributed by atoms with Crippen molar-refractivity contribution in [3.05, 3.63) is 0 Å². The van der Waals surface area contributed by atoms with Crippen molar-refractivity contribution >= 4 is 10.8 Å². The van der Waals surface area contributed by atoms with Gasteiger partial charge < -0.3 is 10.8 Å². The first-order chi connectivity index (χ1) is 5.49. The molecule has 3 unspecified atom stereocenters. The summed E-state index contributed by atoms with van der Waals surface area (Å²) in [5.41, 5.74) is 5.21. The molecular formula is C8H19NO2S. The van der Waals surface area contributed by atoms with Crippen molar-refractivity contribution in [2.45, 2.75) is 32.1 Å². The fourth-order valence-electron chi connectivity index (χ4n) is 0.713. The second-order valence-electron chi connectivity index (χ2n) is 3.39. The summed E-state index contributed by atoms with van der Waals surface area (Å²) >= 11 is 0. The van der Waals surface area contributed by atoms with Crippen LogP contribution in [0, 0.1) is 5.92 Å². The van der Waals surface area contributed by atoms with Crippen molar-refractivity contribution in [2.24, 2.45) is 11.7 Å². The van der Waals surface area contributed by atoms with Crippen LogP contribution in [0.25, 0.3) is 0 Å². The number of hydrogen-bond donors (Lipinski definition) is 2. The quantitative estimate of drug-likeness (QED) is 0.651. The van der Waals surface area contributed by atoms with E-state index in [9.17, 15) is 4.21 Å². The average Bonchev–Trinajstić information content (AvgIpc) is 2.02. The summed E-state index contributed by atoms with van der Waals surface area (Å²) in [5.74, 6) is 0.686. The maximum Gasteiger partial charge on any atom is 0.0777 e. The normalized spacial score (nSPS) is 19.2. The van der Waals surface area contributed by atoms with E-state index >= 15 is 0 Å². The van der Waals surface area contributed by atoms with Crippen LogP contribution in [-0.4, -0.2) is 33.0 Å². The van der Waals surface area contributed by atoms with E-state index < -0.39 is 16.9 Å². The molecule has 0 radical (unpaired) electrons. The van der Waals surface area contributed by atoms with Gasteiger partial charge in [0.15, 0.2) is 0 Å². The molecule has 0 rings (SSSR count). The summed E-state index contributed by atoms with van der Waals surface area (Å²) < 4.78 is 11.4. The Morgan fingerprint density at radius 2 is 1.92 bits per heavy atom. The van der Waals surface area contributed by atoms with Crippen LogP contribution in [0.2, 0.25) is 0 Å². The van der Waals surface area contributed by atoms with Gasteiger partial charge in [0.2, 0.25) is 0 Å². The minimum atomic E-state index is -0.955. The zero-order chi connectivity index (χ0) is 9.72. The van der Waals surface area contributed by atoms with Crippen LogP contribution in [0.4, 0.5) is 0 Å². The van der Waals surface area contributed by atoms with Gasteiger partial charge in [-0.15, -0.1) is 0 Å². The number of aliphatic hydroxyl groups is 1. The van der Waals surface area contributed by atoms with Crippen LogP contribution in [0.1, 0.15) is 20.8 Å². The van der Waals surface area contributed by atoms with E-state index in [2.05, 4.69) is 0 Å². The highest BCUT2D eigenvalue weighted by Gasteiger charge is 2.17. The van der Waals surface area contributed by atoms with Crippen molar-refractivity contribution < 1.29 is 9.32 Å². The summed E-state index contributed by atoms with van der Waals surface area (Å²) in [5, 5.41) is 9.27. The molecule has 0 aromatic heterocycles. The fraction of sp³-hybridized carbons (Fsp3) is 1.00. The molecule has 0 aromatic carbocycles. The Kier molecular flexibility index (Phi) is 5.70. The molecule has 0 aliphatic rings. The van der Waals surface area contributed by atoms with E-state index in [0.717, 1.165) is 0 Å². The van der Waals surface area contributed by atoms with Gasteiger partial charge in [0, 0.05) is 22.6 Å². The topological polar surface area (TPSA) is 63.3 Å². The van der Waals surface area contributed by atoms with E-state index in [1.807, 2.05) is 20.8 Å². The van der Waals surface area contributed by atoms with E-state index in [0.29, 0.717) is 11.7 Å². The molecule has 3 nitrogen and oxygen atoms in total. The zero-order valence-corrected chi connectivity index (χ0v) is 8.80. The lowest BCUT2D eigenvalue weighted by Crippen LogP contribution is -2.31. The summed E-state index contributed by atoms with van der Waals surface area (Å²) in [6.45, 7) is 6.18. The van der Waals surface area contributed by atoms with Crippen molar-refractivity contribution in [3.8, 4) is 0 Å². The van der Waals surface area contributed by atoms with Crippen LogP contribution in [0.5, 0.6) is 0 Å². The Morgan fingerprint density at radius 3 is 2.25 bits per heavy atom. The third-order valence-corrected chi connectivity index (χ3v) is 4.07. The van der Waals surface area contributed by atoms with Gasteiger partial charge in [0.25, 0.3) is 0 Å². The first kappa shape index (κ1) is 12.1. The standard InChI is InChI=1S/C8H19NO2S/c1-6(2)7(3)12(11)5-8(10)4-9/h6-8,10H,4-5,9H2,1-3H3. The average molecular weight is 193 g/mol. The Bertz CT molecular complexity index is 150. The Hall–Kier alpha value is 0.0700. The lowest BCUT2D eigenvalue weighted by atomic mass is 10.2. The predicted octanol–water partition coefficient (Wildman–Crippen LogP) is 0.0992. The SMILES string of the molecule is CC(C)C(C)S(=O)CC(O)CN. The fourth-order valence-corrected chi connectivity index (χ4v) is 2.14. The maximum absolute atomic E-state index is 11.4. The van der Waals surface area contributed by atoms with Crippen LogP contribution in [-0.2, 0) is 10.8 Å². The zero-order valence-electron chi connectivity index (χ0n) is 7.99. The Labute approximate surface area is 76.8 Å². The van der Waals surface area contributed by atoms with E-state index in [-0.39, 0.29) is 11.8 Å². The molecule has 4 heteroatoms. The number of nitrogens with two attached hydrogens (primary N) is 1. The van der Waals surface area contributed by atoms with Gasteiger partial charge in [0.1, 0.15) is 0 Å². The van der Waals surface area contributed by atoms with Crippen molar-refractivity contribution in [1.29, 1.82) is 0 Å². The highest BCUT2D eigenvalue weighted by Crippen LogP contribution is 2.09. The van der Waals surface area contributed by atoms with E-state index in [1.165, 1.54) is 0 Å². The van der Waals surface area contributed by atoms with Gasteiger partial charge >= 0.3 is 0 Å². The predicted molar refractivity (Wildman–Crippen MR) is 52.4 cm³/mol. The third kappa shape index (κ3) is 4.18. The smallest absolute Gasteiger partial charge is 0.0777 e. The van der Waals surface area contributed by atoms with Crippen molar-refractivity contribution in [3.63, 3.8) is 0 Å². The lowest BCUT2D eigenvalue weighted by Gasteiger charge is -2.16. The summed E-state index contributed by atoms with van der Waals surface area (Å²) in [6.07, 6.45) is -0.618. The molecule has 0 fully saturated rings. The minimum Gasteiger partial charge on any atom is -0.391 e. The van der Waals surface area contributed by atoms with Gasteiger partial charge in [-0.25, -0.2) is 0 Å². The monoisotopic (exact) mass is 193 g/mol. The second-order valence-corrected chi connectivity index (χ2v) is 5.22. The highest BCUT2D eigenvalue weighted by molar-refractivity contribution is 7.85. The number of aliphatic hydroxyl groups excluding tert-OH is 1. The molecule has 0 aliphatic heterocycles. The van der Waals surface area contributed by atoms with Gasteiger partial charge in [-0.2, -0.15) is 0 Å². The first-order valence-corrected chi connectivity index (χ1v) is 5.62. The van der Waals surface area contributed by atoms with Gasteiger partial charge in [-0.1, -0.05) is 20.8 Å². The van der Waals surface area contributed by atoms with Crippen molar-refractivity contribution in [2.75, 3.05) is 12.3 Å². The van der Waals surface area contributed by atoms with Crippen molar-refractivity contribution in [1.82, 2.24) is 0 Å². The molecular weight excluding hydrogens is 174 g/mol. The van der Waals surface area contributed by atoms with Crippen LogP contribution < -0.4 is 5.73 Å². The first-order valence-electron chi connectivity index (χ1n) is 4.24. The highest BCUT2D eigenvalue weighted by atomic mass is 32.2. The molecule has 0 saturated heterocycles. The largest absolute Gasteiger partial charge is 0.391 e. The van der Waals surface area contributed by atoms with Crippen LogP contribution in [0.15, 0.2) is 0 Å². The molecule has 0 spiro atoms. The summed E-state index contributed by atoms with van der Waals surface area (Å²) in [7, 11) is -0.955. The van der Waals surface area contributed by atoms with Gasteiger partial charge in [-0.05, 0) is 5.92 Å². The number of hydrogen-bond acceptors (Lipinski definition) is 3. The number of rotatable bonds is 5. The van der Waals surface area contributed by atoms with E-state index in [1.54, 1.807) is 0 Å². The van der Waals surface area contributed by atoms with Gasteiger partial charge in [0.05, 0.1) is 11.9 Å². The molecule has 0 aromatic rings. The maximum atomic E-state index is 11.4. The van der Waals surface area contributed by atoms with Gasteiger partial charge in [-0.3, -0.25) is 4.21 Å². The summed E-state index contributed by atoms with van der Waals surface area (Å²) in [6, 6.07) is 0. The third-order valence-electron chi connectivity index (χ3n) is 1.98. The molecule has 0 aliphatic carbocycles. The minimum absolute atomic E-state index is 0.131. The second kappa shape index (κ2) is 5.67. The molecule has 0 amide bonds. The Morgan fingerprint density at radius 1 is 1.42 bits per heavy atom. The summed E-state index contributed by atoms with van der Waals surface area (Å²) in [4.78, 5) is 0. The van der Waals surface area contributed by atoms with E-state index in [4.69, 9.17) is 10.8 Å². The Balaban J connectivity index is 3.87. The molecule has 74 valence electrons.